The first-order valence-corrected chi connectivity index (χ1v) is 5.97. The fraction of sp³-hybridized carbons (Fsp3) is 0.417. The molecule has 0 aromatic heterocycles. The minimum absolute atomic E-state index is 0.00490. The molecule has 0 aliphatic carbocycles. The third-order valence-corrected chi connectivity index (χ3v) is 2.64. The van der Waals surface area contributed by atoms with Gasteiger partial charge in [0.1, 0.15) is 13.4 Å². The van der Waals surface area contributed by atoms with Gasteiger partial charge < -0.3 is 19.5 Å². The Balaban J connectivity index is 1.76. The molecule has 1 amide bonds. The third-order valence-electron chi connectivity index (χ3n) is 2.64. The zero-order chi connectivity index (χ0) is 14.4. The van der Waals surface area contributed by atoms with E-state index in [0.717, 1.165) is 0 Å². The SMILES string of the molecule is O=C(NC1COCOC1)OCc1ccc([N+](=O)[O-])cc1. The van der Waals surface area contributed by atoms with E-state index in [-0.39, 0.29) is 25.1 Å². The largest absolute Gasteiger partial charge is 0.445 e. The summed E-state index contributed by atoms with van der Waals surface area (Å²) in [6, 6.07) is 5.57. The summed E-state index contributed by atoms with van der Waals surface area (Å²) in [6.45, 7) is 1.04. The van der Waals surface area contributed by atoms with E-state index in [1.807, 2.05) is 0 Å². The number of rotatable bonds is 4. The maximum absolute atomic E-state index is 11.5. The molecule has 0 saturated carbocycles. The lowest BCUT2D eigenvalue weighted by molar-refractivity contribution is -0.384. The average Bonchev–Trinajstić information content (AvgIpc) is 2.46. The van der Waals surface area contributed by atoms with E-state index in [1.54, 1.807) is 0 Å². The highest BCUT2D eigenvalue weighted by Gasteiger charge is 2.17. The van der Waals surface area contributed by atoms with Crippen molar-refractivity contribution in [3.05, 3.63) is 39.9 Å². The second kappa shape index (κ2) is 6.83. The normalized spacial score (nSPS) is 15.6. The molecule has 1 saturated heterocycles. The molecule has 1 aliphatic heterocycles. The smallest absolute Gasteiger partial charge is 0.407 e. The summed E-state index contributed by atoms with van der Waals surface area (Å²) in [7, 11) is 0. The zero-order valence-electron chi connectivity index (χ0n) is 10.6. The Hall–Kier alpha value is -2.19. The van der Waals surface area contributed by atoms with E-state index < -0.39 is 11.0 Å². The van der Waals surface area contributed by atoms with Crippen LogP contribution in [-0.2, 0) is 20.8 Å². The summed E-state index contributed by atoms with van der Waals surface area (Å²) in [5.74, 6) is 0. The number of nitrogens with zero attached hydrogens (tertiary/aromatic N) is 1. The van der Waals surface area contributed by atoms with Crippen LogP contribution in [0.25, 0.3) is 0 Å². The van der Waals surface area contributed by atoms with Crippen molar-refractivity contribution in [1.29, 1.82) is 0 Å². The second-order valence-electron chi connectivity index (χ2n) is 4.20. The Morgan fingerprint density at radius 3 is 2.60 bits per heavy atom. The molecule has 2 rings (SSSR count). The molecule has 0 radical (unpaired) electrons. The lowest BCUT2D eigenvalue weighted by Crippen LogP contribution is -2.44. The first kappa shape index (κ1) is 14.2. The van der Waals surface area contributed by atoms with Gasteiger partial charge in [-0.3, -0.25) is 10.1 Å². The fourth-order valence-corrected chi connectivity index (χ4v) is 1.64. The fourth-order valence-electron chi connectivity index (χ4n) is 1.64. The number of nitro benzene ring substituents is 1. The molecule has 1 heterocycles. The molecule has 1 aromatic carbocycles. The molecular weight excluding hydrogens is 268 g/mol. The monoisotopic (exact) mass is 282 g/mol. The van der Waals surface area contributed by atoms with Gasteiger partial charge in [-0.1, -0.05) is 0 Å². The van der Waals surface area contributed by atoms with Gasteiger partial charge in [0.15, 0.2) is 0 Å². The number of hydrogen-bond donors (Lipinski definition) is 1. The Kier molecular flexibility index (Phi) is 4.85. The number of carbonyl (C=O) groups is 1. The van der Waals surface area contributed by atoms with E-state index >= 15 is 0 Å². The first-order chi connectivity index (χ1) is 9.65. The number of benzene rings is 1. The number of amides is 1. The zero-order valence-corrected chi connectivity index (χ0v) is 10.6. The van der Waals surface area contributed by atoms with Crippen molar-refractivity contribution in [2.45, 2.75) is 12.6 Å². The lowest BCUT2D eigenvalue weighted by atomic mass is 10.2. The van der Waals surface area contributed by atoms with Gasteiger partial charge in [-0.05, 0) is 17.7 Å². The standard InChI is InChI=1S/C12H14N2O6/c15-12(13-10-6-18-8-19-7-10)20-5-9-1-3-11(4-2-9)14(16)17/h1-4,10H,5-8H2,(H,13,15). The Morgan fingerprint density at radius 2 is 2.00 bits per heavy atom. The van der Waals surface area contributed by atoms with Crippen molar-refractivity contribution in [3.63, 3.8) is 0 Å². The van der Waals surface area contributed by atoms with Crippen molar-refractivity contribution in [2.75, 3.05) is 20.0 Å². The van der Waals surface area contributed by atoms with Crippen LogP contribution in [0.3, 0.4) is 0 Å². The van der Waals surface area contributed by atoms with Crippen molar-refractivity contribution in [2.24, 2.45) is 0 Å². The number of nitrogens with one attached hydrogen (secondary N) is 1. The predicted octanol–water partition coefficient (Wildman–Crippen LogP) is 1.19. The van der Waals surface area contributed by atoms with Gasteiger partial charge in [0.05, 0.1) is 24.2 Å². The number of ether oxygens (including phenoxy) is 3. The lowest BCUT2D eigenvalue weighted by Gasteiger charge is -2.22. The average molecular weight is 282 g/mol. The molecule has 1 fully saturated rings. The highest BCUT2D eigenvalue weighted by molar-refractivity contribution is 5.67. The molecule has 1 aromatic rings. The maximum Gasteiger partial charge on any atom is 0.407 e. The van der Waals surface area contributed by atoms with Crippen LogP contribution in [0, 0.1) is 10.1 Å². The topological polar surface area (TPSA) is 99.9 Å². The molecule has 0 unspecified atom stereocenters. The molecule has 0 bridgehead atoms. The molecule has 108 valence electrons. The van der Waals surface area contributed by atoms with Gasteiger partial charge in [-0.25, -0.2) is 4.79 Å². The number of nitro groups is 1. The van der Waals surface area contributed by atoms with Crippen LogP contribution in [0.2, 0.25) is 0 Å². The molecule has 1 N–H and O–H groups in total. The quantitative estimate of drug-likeness (QED) is 0.657. The van der Waals surface area contributed by atoms with E-state index in [4.69, 9.17) is 14.2 Å². The van der Waals surface area contributed by atoms with Crippen LogP contribution in [0.1, 0.15) is 5.56 Å². The summed E-state index contributed by atoms with van der Waals surface area (Å²) in [5, 5.41) is 13.1. The summed E-state index contributed by atoms with van der Waals surface area (Å²) >= 11 is 0. The minimum Gasteiger partial charge on any atom is -0.445 e. The summed E-state index contributed by atoms with van der Waals surface area (Å²) < 4.78 is 15.1. The Bertz CT molecular complexity index is 469. The molecule has 1 aliphatic rings. The van der Waals surface area contributed by atoms with E-state index in [1.165, 1.54) is 24.3 Å². The van der Waals surface area contributed by atoms with Gasteiger partial charge in [0.2, 0.25) is 0 Å². The van der Waals surface area contributed by atoms with Crippen LogP contribution < -0.4 is 5.32 Å². The number of non-ortho nitro benzene ring substituents is 1. The molecule has 0 spiro atoms. The number of alkyl carbamates (subject to hydrolysis) is 1. The van der Waals surface area contributed by atoms with Crippen LogP contribution in [0.15, 0.2) is 24.3 Å². The summed E-state index contributed by atoms with van der Waals surface area (Å²) in [6.07, 6.45) is -0.581. The molecule has 8 nitrogen and oxygen atoms in total. The van der Waals surface area contributed by atoms with Crippen molar-refractivity contribution in [1.82, 2.24) is 5.32 Å². The first-order valence-electron chi connectivity index (χ1n) is 5.97. The number of carbonyl (C=O) groups excluding carboxylic acids is 1. The van der Waals surface area contributed by atoms with Gasteiger partial charge in [-0.15, -0.1) is 0 Å². The molecule has 8 heteroatoms. The van der Waals surface area contributed by atoms with Crippen LogP contribution in [0.5, 0.6) is 0 Å². The van der Waals surface area contributed by atoms with E-state index in [9.17, 15) is 14.9 Å². The summed E-state index contributed by atoms with van der Waals surface area (Å²) in [4.78, 5) is 21.5. The summed E-state index contributed by atoms with van der Waals surface area (Å²) in [5.41, 5.74) is 0.664. The Labute approximate surface area is 114 Å². The van der Waals surface area contributed by atoms with Gasteiger partial charge in [0.25, 0.3) is 5.69 Å². The highest BCUT2D eigenvalue weighted by Crippen LogP contribution is 2.12. The number of hydrogen-bond acceptors (Lipinski definition) is 6. The molecule has 20 heavy (non-hydrogen) atoms. The third kappa shape index (κ3) is 4.18. The van der Waals surface area contributed by atoms with Crippen molar-refractivity contribution < 1.29 is 23.9 Å². The van der Waals surface area contributed by atoms with E-state index in [0.29, 0.717) is 18.8 Å². The Morgan fingerprint density at radius 1 is 1.35 bits per heavy atom. The van der Waals surface area contributed by atoms with Crippen molar-refractivity contribution in [3.8, 4) is 0 Å². The minimum atomic E-state index is -0.581. The second-order valence-corrected chi connectivity index (χ2v) is 4.20. The van der Waals surface area contributed by atoms with Gasteiger partial charge in [0, 0.05) is 12.1 Å². The molecular formula is C12H14N2O6. The van der Waals surface area contributed by atoms with E-state index in [2.05, 4.69) is 5.32 Å². The van der Waals surface area contributed by atoms with Crippen LogP contribution >= 0.6 is 0 Å². The van der Waals surface area contributed by atoms with Gasteiger partial charge in [-0.2, -0.15) is 0 Å². The van der Waals surface area contributed by atoms with Crippen molar-refractivity contribution >= 4 is 11.8 Å². The maximum atomic E-state index is 11.5. The van der Waals surface area contributed by atoms with Crippen LogP contribution in [0.4, 0.5) is 10.5 Å². The molecule has 0 atom stereocenters. The highest BCUT2D eigenvalue weighted by atomic mass is 16.7. The van der Waals surface area contributed by atoms with Crippen LogP contribution in [-0.4, -0.2) is 37.1 Å². The van der Waals surface area contributed by atoms with Gasteiger partial charge >= 0.3 is 6.09 Å². The predicted molar refractivity (Wildman–Crippen MR) is 67.0 cm³/mol.